The Labute approximate surface area is 114 Å². The first-order valence-electron chi connectivity index (χ1n) is 6.06. The molecule has 0 saturated heterocycles. The van der Waals surface area contributed by atoms with Crippen LogP contribution < -0.4 is 0 Å². The number of aliphatic hydroxyl groups is 1. The van der Waals surface area contributed by atoms with Crippen molar-refractivity contribution in [3.8, 4) is 0 Å². The lowest BCUT2D eigenvalue weighted by Gasteiger charge is -2.06. The number of ether oxygens (including phenoxy) is 5. The molecule has 0 fully saturated rings. The molecule has 0 amide bonds. The smallest absolute Gasteiger partial charge is 0.302 e. The third-order valence-corrected chi connectivity index (χ3v) is 1.51. The highest BCUT2D eigenvalue weighted by molar-refractivity contribution is 5.65. The van der Waals surface area contributed by atoms with E-state index in [1.165, 1.54) is 6.92 Å². The summed E-state index contributed by atoms with van der Waals surface area (Å²) in [6, 6.07) is 0. The minimum absolute atomic E-state index is 0.0270. The van der Waals surface area contributed by atoms with Gasteiger partial charge in [0.1, 0.15) is 6.61 Å². The van der Waals surface area contributed by atoms with Gasteiger partial charge in [-0.25, -0.2) is 0 Å². The van der Waals surface area contributed by atoms with Crippen LogP contribution >= 0.6 is 0 Å². The van der Waals surface area contributed by atoms with Gasteiger partial charge in [0, 0.05) is 21.1 Å². The van der Waals surface area contributed by atoms with Crippen LogP contribution in [-0.2, 0) is 28.5 Å². The molecule has 116 valence electrons. The van der Waals surface area contributed by atoms with Crippen LogP contribution in [0, 0.1) is 0 Å². The molecule has 0 radical (unpaired) electrons. The van der Waals surface area contributed by atoms with E-state index in [1.54, 1.807) is 14.2 Å². The molecule has 0 aromatic rings. The first kappa shape index (κ1) is 20.6. The molecular weight excluding hydrogens is 256 g/mol. The number of carbonyl (C=O) groups excluding carboxylic acids is 1. The predicted octanol–water partition coefficient (Wildman–Crippen LogP) is -0.146. The third kappa shape index (κ3) is 26.7. The number of hydrogen-bond donors (Lipinski definition) is 1. The van der Waals surface area contributed by atoms with Gasteiger partial charge in [-0.05, 0) is 0 Å². The summed E-state index contributed by atoms with van der Waals surface area (Å²) in [5.74, 6) is -0.305. The Morgan fingerprint density at radius 1 is 0.842 bits per heavy atom. The normalized spacial score (nSPS) is 9.68. The Bertz CT molecular complexity index is 175. The molecular formula is C12H26O7. The van der Waals surface area contributed by atoms with Gasteiger partial charge in [-0.3, -0.25) is 4.79 Å². The second kappa shape index (κ2) is 19.6. The summed E-state index contributed by atoms with van der Waals surface area (Å²) >= 11 is 0. The zero-order valence-corrected chi connectivity index (χ0v) is 12.1. The highest BCUT2D eigenvalue weighted by Gasteiger charge is 1.93. The number of rotatable bonds is 11. The van der Waals surface area contributed by atoms with Crippen LogP contribution in [0.5, 0.6) is 0 Å². The predicted molar refractivity (Wildman–Crippen MR) is 69.1 cm³/mol. The van der Waals surface area contributed by atoms with Crippen molar-refractivity contribution in [2.75, 3.05) is 67.1 Å². The van der Waals surface area contributed by atoms with Crippen molar-refractivity contribution in [3.63, 3.8) is 0 Å². The molecule has 0 aromatic heterocycles. The summed E-state index contributed by atoms with van der Waals surface area (Å²) in [4.78, 5) is 10.4. The topological polar surface area (TPSA) is 83.5 Å². The van der Waals surface area contributed by atoms with Gasteiger partial charge < -0.3 is 28.8 Å². The van der Waals surface area contributed by atoms with Crippen molar-refractivity contribution in [1.82, 2.24) is 0 Å². The Morgan fingerprint density at radius 2 is 1.21 bits per heavy atom. The van der Waals surface area contributed by atoms with E-state index < -0.39 is 0 Å². The minimum Gasteiger partial charge on any atom is -0.463 e. The molecule has 0 aliphatic carbocycles. The van der Waals surface area contributed by atoms with Crippen molar-refractivity contribution < 1.29 is 33.6 Å². The molecule has 0 aliphatic heterocycles. The molecule has 0 spiro atoms. The molecule has 0 saturated carbocycles. The average Bonchev–Trinajstić information content (AvgIpc) is 2.36. The number of aliphatic hydroxyl groups excluding tert-OH is 1. The maximum Gasteiger partial charge on any atom is 0.302 e. The van der Waals surface area contributed by atoms with E-state index in [-0.39, 0.29) is 19.2 Å². The molecule has 0 aliphatic rings. The highest BCUT2D eigenvalue weighted by Crippen LogP contribution is 1.82. The lowest BCUT2D eigenvalue weighted by molar-refractivity contribution is -0.142. The highest BCUT2D eigenvalue weighted by atomic mass is 16.6. The summed E-state index contributed by atoms with van der Waals surface area (Å²) in [5, 5.41) is 8.41. The van der Waals surface area contributed by atoms with E-state index in [0.717, 1.165) is 0 Å². The molecule has 0 bridgehead atoms. The Hall–Kier alpha value is -0.730. The van der Waals surface area contributed by atoms with Gasteiger partial charge in [0.15, 0.2) is 0 Å². The number of methoxy groups -OCH3 is 1. The second-order valence-corrected chi connectivity index (χ2v) is 3.31. The van der Waals surface area contributed by atoms with Crippen molar-refractivity contribution >= 4 is 5.97 Å². The van der Waals surface area contributed by atoms with Crippen LogP contribution in [0.4, 0.5) is 0 Å². The van der Waals surface area contributed by atoms with Gasteiger partial charge in [0.25, 0.3) is 0 Å². The van der Waals surface area contributed by atoms with E-state index in [0.29, 0.717) is 39.6 Å². The summed E-state index contributed by atoms with van der Waals surface area (Å²) in [6.45, 7) is 4.25. The van der Waals surface area contributed by atoms with Crippen molar-refractivity contribution in [2.24, 2.45) is 0 Å². The van der Waals surface area contributed by atoms with Crippen LogP contribution in [0.15, 0.2) is 0 Å². The molecule has 0 heterocycles. The van der Waals surface area contributed by atoms with Crippen LogP contribution in [-0.4, -0.2) is 78.2 Å². The summed E-state index contributed by atoms with van der Waals surface area (Å²) in [7, 11) is 3.25. The van der Waals surface area contributed by atoms with Gasteiger partial charge in [-0.1, -0.05) is 0 Å². The van der Waals surface area contributed by atoms with E-state index in [9.17, 15) is 4.79 Å². The fraction of sp³-hybridized carbons (Fsp3) is 0.917. The monoisotopic (exact) mass is 282 g/mol. The first-order chi connectivity index (χ1) is 9.18. The van der Waals surface area contributed by atoms with E-state index >= 15 is 0 Å². The molecule has 7 heteroatoms. The summed E-state index contributed by atoms with van der Waals surface area (Å²) in [6.07, 6.45) is 0. The number of esters is 1. The maximum absolute atomic E-state index is 10.4. The maximum atomic E-state index is 10.4. The quantitative estimate of drug-likeness (QED) is 0.417. The number of hydrogen-bond acceptors (Lipinski definition) is 7. The molecule has 1 N–H and O–H groups in total. The SMILES string of the molecule is CC(=O)OCCOCCOCCOCCO.COC. The van der Waals surface area contributed by atoms with E-state index in [1.807, 2.05) is 0 Å². The Kier molecular flexibility index (Phi) is 21.2. The van der Waals surface area contributed by atoms with Crippen molar-refractivity contribution in [2.45, 2.75) is 6.92 Å². The average molecular weight is 282 g/mol. The Balaban J connectivity index is 0. The standard InChI is InChI=1S/C10H20O6.C2H6O/c1-10(12)16-9-8-15-7-6-14-5-4-13-3-2-11;1-3-2/h11H,2-9H2,1H3;1-2H3. The summed E-state index contributed by atoms with van der Waals surface area (Å²) < 4.78 is 24.2. The fourth-order valence-electron chi connectivity index (χ4n) is 0.851. The lowest BCUT2D eigenvalue weighted by atomic mass is 10.7. The zero-order chi connectivity index (χ0) is 14.8. The van der Waals surface area contributed by atoms with Crippen LogP contribution in [0.2, 0.25) is 0 Å². The molecule has 0 rings (SSSR count). The zero-order valence-electron chi connectivity index (χ0n) is 12.1. The lowest BCUT2D eigenvalue weighted by Crippen LogP contribution is -2.13. The minimum atomic E-state index is -0.305. The molecule has 0 unspecified atom stereocenters. The molecule has 0 atom stereocenters. The van der Waals surface area contributed by atoms with Crippen LogP contribution in [0.3, 0.4) is 0 Å². The van der Waals surface area contributed by atoms with Gasteiger partial charge in [0.2, 0.25) is 0 Å². The number of carbonyl (C=O) groups is 1. The van der Waals surface area contributed by atoms with Crippen molar-refractivity contribution in [1.29, 1.82) is 0 Å². The van der Waals surface area contributed by atoms with Crippen LogP contribution in [0.1, 0.15) is 6.92 Å². The van der Waals surface area contributed by atoms with Gasteiger partial charge in [0.05, 0.1) is 46.2 Å². The van der Waals surface area contributed by atoms with E-state index in [2.05, 4.69) is 9.47 Å². The van der Waals surface area contributed by atoms with Gasteiger partial charge in [-0.15, -0.1) is 0 Å². The largest absolute Gasteiger partial charge is 0.463 e. The second-order valence-electron chi connectivity index (χ2n) is 3.31. The molecule has 19 heavy (non-hydrogen) atoms. The van der Waals surface area contributed by atoms with Crippen molar-refractivity contribution in [3.05, 3.63) is 0 Å². The fourth-order valence-corrected chi connectivity index (χ4v) is 0.851. The van der Waals surface area contributed by atoms with Gasteiger partial charge in [-0.2, -0.15) is 0 Å². The third-order valence-electron chi connectivity index (χ3n) is 1.51. The van der Waals surface area contributed by atoms with Crippen LogP contribution in [0.25, 0.3) is 0 Å². The Morgan fingerprint density at radius 3 is 1.58 bits per heavy atom. The molecule has 0 aromatic carbocycles. The summed E-state index contributed by atoms with van der Waals surface area (Å²) in [5.41, 5.74) is 0. The van der Waals surface area contributed by atoms with Gasteiger partial charge >= 0.3 is 5.97 Å². The molecule has 7 nitrogen and oxygen atoms in total. The van der Waals surface area contributed by atoms with E-state index in [4.69, 9.17) is 19.3 Å². The first-order valence-corrected chi connectivity index (χ1v) is 6.06.